The summed E-state index contributed by atoms with van der Waals surface area (Å²) in [4.78, 5) is 23.7. The largest absolute Gasteiger partial charge is 0.456 e. The molecular formula is C19H27NO3. The summed E-state index contributed by atoms with van der Waals surface area (Å²) in [5, 5.41) is 3.01. The number of hydrogen-bond acceptors (Lipinski definition) is 3. The zero-order valence-electron chi connectivity index (χ0n) is 14.1. The minimum Gasteiger partial charge on any atom is -0.456 e. The average molecular weight is 317 g/mol. The van der Waals surface area contributed by atoms with Crippen molar-refractivity contribution in [2.24, 2.45) is 11.8 Å². The van der Waals surface area contributed by atoms with Gasteiger partial charge in [0, 0.05) is 12.5 Å². The van der Waals surface area contributed by atoms with E-state index in [4.69, 9.17) is 4.74 Å². The molecule has 126 valence electrons. The summed E-state index contributed by atoms with van der Waals surface area (Å²) in [7, 11) is 0. The number of amides is 1. The molecule has 1 N–H and O–H groups in total. The van der Waals surface area contributed by atoms with E-state index >= 15 is 0 Å². The lowest BCUT2D eigenvalue weighted by molar-refractivity contribution is -0.148. The standard InChI is InChI=1S/C19H27NO3/c1-14-7-6-10-17(15(14)2)20-18(21)13-23-19(22)12-11-16-8-4-3-5-9-16/h3-5,8-9,14-15,17H,6-7,10-13H2,1-2H3,(H,20,21)/t14-,15-,17+/m0/s1. The molecular weight excluding hydrogens is 290 g/mol. The number of aryl methyl sites for hydroxylation is 1. The zero-order chi connectivity index (χ0) is 16.7. The fraction of sp³-hybridized carbons (Fsp3) is 0.579. The molecule has 2 rings (SSSR count). The number of nitrogens with one attached hydrogen (secondary N) is 1. The number of rotatable bonds is 6. The molecule has 0 aliphatic heterocycles. The first-order valence-electron chi connectivity index (χ1n) is 8.55. The van der Waals surface area contributed by atoms with Crippen molar-refractivity contribution in [2.75, 3.05) is 6.61 Å². The number of hydrogen-bond donors (Lipinski definition) is 1. The van der Waals surface area contributed by atoms with E-state index < -0.39 is 0 Å². The van der Waals surface area contributed by atoms with Crippen LogP contribution in [0.1, 0.15) is 45.1 Å². The predicted octanol–water partition coefficient (Wildman–Crippen LogP) is 3.10. The van der Waals surface area contributed by atoms with Crippen LogP contribution in [0.25, 0.3) is 0 Å². The number of esters is 1. The van der Waals surface area contributed by atoms with Crippen LogP contribution in [0, 0.1) is 11.8 Å². The summed E-state index contributed by atoms with van der Waals surface area (Å²) in [5.74, 6) is 0.585. The van der Waals surface area contributed by atoms with Gasteiger partial charge in [-0.15, -0.1) is 0 Å². The second-order valence-corrected chi connectivity index (χ2v) is 6.59. The third kappa shape index (κ3) is 5.70. The van der Waals surface area contributed by atoms with E-state index in [0.29, 0.717) is 24.7 Å². The molecule has 0 heterocycles. The SMILES string of the molecule is C[C@H]1[C@@H](C)CCC[C@H]1NC(=O)COC(=O)CCc1ccccc1. The molecule has 1 aromatic carbocycles. The minimum atomic E-state index is -0.325. The van der Waals surface area contributed by atoms with Gasteiger partial charge < -0.3 is 10.1 Å². The number of carbonyl (C=O) groups excluding carboxylic acids is 2. The molecule has 1 aliphatic carbocycles. The van der Waals surface area contributed by atoms with E-state index in [1.807, 2.05) is 30.3 Å². The Morgan fingerprint density at radius 2 is 1.91 bits per heavy atom. The van der Waals surface area contributed by atoms with Gasteiger partial charge in [0.2, 0.25) is 0 Å². The van der Waals surface area contributed by atoms with E-state index in [2.05, 4.69) is 19.2 Å². The highest BCUT2D eigenvalue weighted by Crippen LogP contribution is 2.29. The maximum atomic E-state index is 12.0. The smallest absolute Gasteiger partial charge is 0.306 e. The lowest BCUT2D eigenvalue weighted by Gasteiger charge is -2.34. The Balaban J connectivity index is 1.66. The summed E-state index contributed by atoms with van der Waals surface area (Å²) in [5.41, 5.74) is 1.10. The van der Waals surface area contributed by atoms with Crippen molar-refractivity contribution in [3.8, 4) is 0 Å². The molecule has 0 saturated heterocycles. The van der Waals surface area contributed by atoms with Gasteiger partial charge in [0.05, 0.1) is 0 Å². The maximum absolute atomic E-state index is 12.0. The summed E-state index contributed by atoms with van der Waals surface area (Å²) >= 11 is 0. The van der Waals surface area contributed by atoms with Gasteiger partial charge in [-0.3, -0.25) is 9.59 Å². The Kier molecular flexibility index (Phi) is 6.63. The van der Waals surface area contributed by atoms with Crippen molar-refractivity contribution >= 4 is 11.9 Å². The third-order valence-corrected chi connectivity index (χ3v) is 4.88. The fourth-order valence-electron chi connectivity index (χ4n) is 3.14. The van der Waals surface area contributed by atoms with Gasteiger partial charge in [0.15, 0.2) is 6.61 Å². The maximum Gasteiger partial charge on any atom is 0.306 e. The molecule has 0 radical (unpaired) electrons. The van der Waals surface area contributed by atoms with E-state index in [0.717, 1.165) is 18.4 Å². The van der Waals surface area contributed by atoms with E-state index in [-0.39, 0.29) is 24.5 Å². The van der Waals surface area contributed by atoms with Crippen molar-refractivity contribution < 1.29 is 14.3 Å². The van der Waals surface area contributed by atoms with E-state index in [9.17, 15) is 9.59 Å². The van der Waals surface area contributed by atoms with Gasteiger partial charge in [-0.2, -0.15) is 0 Å². The molecule has 0 aromatic heterocycles. The van der Waals surface area contributed by atoms with Crippen LogP contribution in [-0.2, 0) is 20.7 Å². The lowest BCUT2D eigenvalue weighted by atomic mass is 9.78. The van der Waals surface area contributed by atoms with Crippen molar-refractivity contribution in [1.82, 2.24) is 5.32 Å². The summed E-state index contributed by atoms with van der Waals surface area (Å²) < 4.78 is 5.08. The fourth-order valence-corrected chi connectivity index (χ4v) is 3.14. The first-order chi connectivity index (χ1) is 11.1. The van der Waals surface area contributed by atoms with Gasteiger partial charge in [0.1, 0.15) is 0 Å². The predicted molar refractivity (Wildman–Crippen MR) is 89.8 cm³/mol. The molecule has 0 unspecified atom stereocenters. The van der Waals surface area contributed by atoms with Gasteiger partial charge in [-0.05, 0) is 30.2 Å². The summed E-state index contributed by atoms with van der Waals surface area (Å²) in [6.07, 6.45) is 4.32. The van der Waals surface area contributed by atoms with Crippen LogP contribution >= 0.6 is 0 Å². The molecule has 1 saturated carbocycles. The van der Waals surface area contributed by atoms with Crippen molar-refractivity contribution in [1.29, 1.82) is 0 Å². The van der Waals surface area contributed by atoms with Crippen molar-refractivity contribution in [3.63, 3.8) is 0 Å². The topological polar surface area (TPSA) is 55.4 Å². The third-order valence-electron chi connectivity index (χ3n) is 4.88. The molecule has 1 aliphatic rings. The number of carbonyl (C=O) groups is 2. The second-order valence-electron chi connectivity index (χ2n) is 6.59. The molecule has 4 nitrogen and oxygen atoms in total. The van der Waals surface area contributed by atoms with Crippen LogP contribution in [0.2, 0.25) is 0 Å². The molecule has 0 spiro atoms. The van der Waals surface area contributed by atoms with Gasteiger partial charge in [-0.25, -0.2) is 0 Å². The van der Waals surface area contributed by atoms with Crippen LogP contribution in [0.5, 0.6) is 0 Å². The van der Waals surface area contributed by atoms with Gasteiger partial charge in [0.25, 0.3) is 5.91 Å². The molecule has 3 atom stereocenters. The molecule has 0 bridgehead atoms. The number of benzene rings is 1. The highest BCUT2D eigenvalue weighted by molar-refractivity contribution is 5.80. The quantitative estimate of drug-likeness (QED) is 0.820. The van der Waals surface area contributed by atoms with Crippen molar-refractivity contribution in [3.05, 3.63) is 35.9 Å². The highest BCUT2D eigenvalue weighted by Gasteiger charge is 2.28. The Morgan fingerprint density at radius 1 is 1.17 bits per heavy atom. The van der Waals surface area contributed by atoms with Crippen LogP contribution in [-0.4, -0.2) is 24.5 Å². The first kappa shape index (κ1) is 17.5. The van der Waals surface area contributed by atoms with Crippen LogP contribution in [0.4, 0.5) is 0 Å². The average Bonchev–Trinajstić information content (AvgIpc) is 2.56. The van der Waals surface area contributed by atoms with Crippen LogP contribution in [0.15, 0.2) is 30.3 Å². The molecule has 1 fully saturated rings. The summed E-state index contributed by atoms with van der Waals surface area (Å²) in [6, 6.07) is 9.99. The van der Waals surface area contributed by atoms with E-state index in [1.54, 1.807) is 0 Å². The highest BCUT2D eigenvalue weighted by atomic mass is 16.5. The molecule has 23 heavy (non-hydrogen) atoms. The Hall–Kier alpha value is -1.84. The Morgan fingerprint density at radius 3 is 2.65 bits per heavy atom. The Labute approximate surface area is 138 Å². The summed E-state index contributed by atoms with van der Waals surface area (Å²) in [6.45, 7) is 4.23. The minimum absolute atomic E-state index is 0.175. The zero-order valence-corrected chi connectivity index (χ0v) is 14.1. The van der Waals surface area contributed by atoms with E-state index in [1.165, 1.54) is 6.42 Å². The van der Waals surface area contributed by atoms with Crippen LogP contribution in [0.3, 0.4) is 0 Å². The molecule has 1 aromatic rings. The van der Waals surface area contributed by atoms with Crippen molar-refractivity contribution in [2.45, 2.75) is 52.0 Å². The number of ether oxygens (including phenoxy) is 1. The van der Waals surface area contributed by atoms with Gasteiger partial charge >= 0.3 is 5.97 Å². The first-order valence-corrected chi connectivity index (χ1v) is 8.55. The second kappa shape index (κ2) is 8.70. The molecule has 4 heteroatoms. The Bertz CT molecular complexity index is 515. The van der Waals surface area contributed by atoms with Crippen LogP contribution < -0.4 is 5.32 Å². The lowest BCUT2D eigenvalue weighted by Crippen LogP contribution is -2.45. The molecule has 1 amide bonds. The van der Waals surface area contributed by atoms with Gasteiger partial charge in [-0.1, -0.05) is 57.0 Å². The normalized spacial score (nSPS) is 24.0. The monoisotopic (exact) mass is 317 g/mol.